The molecule has 39 heavy (non-hydrogen) atoms. The van der Waals surface area contributed by atoms with E-state index in [9.17, 15) is 23.9 Å². The van der Waals surface area contributed by atoms with Crippen molar-refractivity contribution < 1.29 is 28.2 Å². The molecule has 1 aromatic heterocycles. The Morgan fingerprint density at radius 1 is 1.03 bits per heavy atom. The zero-order valence-corrected chi connectivity index (χ0v) is 20.8. The molecular formula is C30H24F2N2O5. The molecule has 0 unspecified atom stereocenters. The van der Waals surface area contributed by atoms with Gasteiger partial charge in [0, 0.05) is 41.8 Å². The average Bonchev–Trinajstić information content (AvgIpc) is 3.69. The number of aromatic carboxylic acids is 1. The number of benzene rings is 3. The number of amides is 1. The van der Waals surface area contributed by atoms with Crippen molar-refractivity contribution in [2.45, 2.75) is 45.3 Å². The first-order valence-electron chi connectivity index (χ1n) is 12.6. The predicted octanol–water partition coefficient (Wildman–Crippen LogP) is 5.96. The molecule has 2 aliphatic rings. The van der Waals surface area contributed by atoms with Crippen LogP contribution in [0.5, 0.6) is 0 Å². The number of carbonyl (C=O) groups excluding carboxylic acids is 1. The molecule has 198 valence electrons. The van der Waals surface area contributed by atoms with Crippen LogP contribution in [0.1, 0.15) is 51.5 Å². The molecule has 6 rings (SSSR count). The van der Waals surface area contributed by atoms with Gasteiger partial charge in [-0.2, -0.15) is 0 Å². The highest BCUT2D eigenvalue weighted by molar-refractivity contribution is 5.96. The van der Waals surface area contributed by atoms with Crippen LogP contribution >= 0.6 is 0 Å². The topological polar surface area (TPSA) is 88.8 Å². The second-order valence-corrected chi connectivity index (χ2v) is 9.94. The molecule has 7 nitrogen and oxygen atoms in total. The molecule has 1 amide bonds. The second-order valence-electron chi connectivity index (χ2n) is 9.94. The standard InChI is InChI=1S/C30H24F2N2O5/c31-12-23-26(25(32)11-22-27(23)34(21-8-9-21)15-24(28(22)35)29(36)37)18-6-7-19-13-33(14-20(19)10-18)30(38)39-16-17-4-2-1-3-5-17/h1-7,10-11,15,21H,8-9,12-14,16H2,(H,36,37). The van der Waals surface area contributed by atoms with Gasteiger partial charge in [-0.25, -0.2) is 18.4 Å². The first kappa shape index (κ1) is 24.8. The van der Waals surface area contributed by atoms with Gasteiger partial charge in [-0.1, -0.05) is 42.5 Å². The fourth-order valence-electron chi connectivity index (χ4n) is 5.29. The summed E-state index contributed by atoms with van der Waals surface area (Å²) in [4.78, 5) is 38.8. The third-order valence-corrected chi connectivity index (χ3v) is 7.35. The quantitative estimate of drug-likeness (QED) is 0.332. The van der Waals surface area contributed by atoms with E-state index in [1.165, 1.54) is 6.20 Å². The van der Waals surface area contributed by atoms with Gasteiger partial charge in [0.15, 0.2) is 0 Å². The molecule has 0 bridgehead atoms. The van der Waals surface area contributed by atoms with E-state index >= 15 is 4.39 Å². The number of hydrogen-bond donors (Lipinski definition) is 1. The van der Waals surface area contributed by atoms with Gasteiger partial charge in [0.1, 0.15) is 24.7 Å². The summed E-state index contributed by atoms with van der Waals surface area (Å²) in [5.74, 6) is -2.22. The molecule has 1 fully saturated rings. The summed E-state index contributed by atoms with van der Waals surface area (Å²) in [6.45, 7) is -0.312. The van der Waals surface area contributed by atoms with Crippen molar-refractivity contribution in [1.29, 1.82) is 0 Å². The van der Waals surface area contributed by atoms with Gasteiger partial charge >= 0.3 is 12.1 Å². The first-order valence-corrected chi connectivity index (χ1v) is 12.6. The van der Waals surface area contributed by atoms with E-state index in [0.29, 0.717) is 12.1 Å². The lowest BCUT2D eigenvalue weighted by atomic mass is 9.93. The van der Waals surface area contributed by atoms with Gasteiger partial charge in [-0.05, 0) is 47.2 Å². The summed E-state index contributed by atoms with van der Waals surface area (Å²) >= 11 is 0. The molecule has 1 aliphatic carbocycles. The lowest BCUT2D eigenvalue weighted by Gasteiger charge is -2.18. The maximum atomic E-state index is 15.6. The van der Waals surface area contributed by atoms with Crippen molar-refractivity contribution in [3.63, 3.8) is 0 Å². The number of halogens is 2. The highest BCUT2D eigenvalue weighted by Gasteiger charge is 2.31. The maximum Gasteiger partial charge on any atom is 0.410 e. The number of hydrogen-bond acceptors (Lipinski definition) is 4. The molecule has 0 radical (unpaired) electrons. The number of fused-ring (bicyclic) bond motifs is 2. The molecule has 0 saturated heterocycles. The molecule has 3 aromatic carbocycles. The number of rotatable bonds is 6. The lowest BCUT2D eigenvalue weighted by molar-refractivity contribution is 0.0694. The highest BCUT2D eigenvalue weighted by Crippen LogP contribution is 2.41. The van der Waals surface area contributed by atoms with E-state index in [1.807, 2.05) is 30.3 Å². The molecular weight excluding hydrogens is 506 g/mol. The van der Waals surface area contributed by atoms with Crippen LogP contribution in [0.25, 0.3) is 22.0 Å². The van der Waals surface area contributed by atoms with Gasteiger partial charge in [-0.3, -0.25) is 9.69 Å². The Balaban J connectivity index is 1.36. The van der Waals surface area contributed by atoms with Gasteiger partial charge in [0.05, 0.1) is 5.52 Å². The number of carboxylic acids is 1. The Hall–Kier alpha value is -4.53. The number of carbonyl (C=O) groups is 2. The van der Waals surface area contributed by atoms with Crippen LogP contribution in [0.3, 0.4) is 0 Å². The maximum absolute atomic E-state index is 15.6. The molecule has 4 aromatic rings. The molecule has 1 aliphatic heterocycles. The normalized spacial score (nSPS) is 14.5. The van der Waals surface area contributed by atoms with E-state index in [0.717, 1.165) is 35.6 Å². The van der Waals surface area contributed by atoms with Crippen molar-refractivity contribution in [3.8, 4) is 11.1 Å². The third-order valence-electron chi connectivity index (χ3n) is 7.35. The van der Waals surface area contributed by atoms with Crippen molar-refractivity contribution in [1.82, 2.24) is 9.47 Å². The molecule has 9 heteroatoms. The average molecular weight is 531 g/mol. The van der Waals surface area contributed by atoms with Crippen LogP contribution in [-0.4, -0.2) is 26.6 Å². The fraction of sp³-hybridized carbons (Fsp3) is 0.233. The van der Waals surface area contributed by atoms with Crippen LogP contribution in [-0.2, 0) is 31.1 Å². The van der Waals surface area contributed by atoms with Crippen LogP contribution in [0.2, 0.25) is 0 Å². The van der Waals surface area contributed by atoms with E-state index < -0.39 is 35.5 Å². The van der Waals surface area contributed by atoms with Gasteiger partial charge in [0.25, 0.3) is 0 Å². The van der Waals surface area contributed by atoms with Crippen LogP contribution < -0.4 is 5.43 Å². The van der Waals surface area contributed by atoms with E-state index in [-0.39, 0.29) is 41.2 Å². The predicted molar refractivity (Wildman–Crippen MR) is 140 cm³/mol. The highest BCUT2D eigenvalue weighted by atomic mass is 19.1. The zero-order chi connectivity index (χ0) is 27.3. The minimum Gasteiger partial charge on any atom is -0.477 e. The Morgan fingerprint density at radius 3 is 2.46 bits per heavy atom. The Labute approximate surface area is 221 Å². The largest absolute Gasteiger partial charge is 0.477 e. The fourth-order valence-corrected chi connectivity index (χ4v) is 5.29. The summed E-state index contributed by atoms with van der Waals surface area (Å²) in [5.41, 5.74) is 1.88. The minimum absolute atomic E-state index is 0.00279. The number of pyridine rings is 1. The van der Waals surface area contributed by atoms with E-state index in [4.69, 9.17) is 4.74 Å². The summed E-state index contributed by atoms with van der Waals surface area (Å²) in [7, 11) is 0. The number of nitrogens with zero attached hydrogens (tertiary/aromatic N) is 2. The molecule has 0 spiro atoms. The van der Waals surface area contributed by atoms with Gasteiger partial charge < -0.3 is 14.4 Å². The molecule has 1 saturated carbocycles. The summed E-state index contributed by atoms with van der Waals surface area (Å²) in [6, 6.07) is 15.5. The zero-order valence-electron chi connectivity index (χ0n) is 20.8. The van der Waals surface area contributed by atoms with Crippen molar-refractivity contribution >= 4 is 23.0 Å². The van der Waals surface area contributed by atoms with E-state index in [1.54, 1.807) is 27.7 Å². The lowest BCUT2D eigenvalue weighted by Crippen LogP contribution is -2.25. The monoisotopic (exact) mass is 530 g/mol. The summed E-state index contributed by atoms with van der Waals surface area (Å²) in [6.07, 6.45) is 2.28. The number of aromatic nitrogens is 1. The second kappa shape index (κ2) is 9.65. The smallest absolute Gasteiger partial charge is 0.410 e. The molecule has 1 N–H and O–H groups in total. The van der Waals surface area contributed by atoms with Crippen LogP contribution in [0, 0.1) is 5.82 Å². The first-order chi connectivity index (χ1) is 18.9. The third kappa shape index (κ3) is 4.43. The molecule has 2 heterocycles. The van der Waals surface area contributed by atoms with Gasteiger partial charge in [0.2, 0.25) is 5.43 Å². The Bertz CT molecular complexity index is 1700. The number of alkyl halides is 1. The summed E-state index contributed by atoms with van der Waals surface area (Å²) < 4.78 is 37.3. The molecule has 0 atom stereocenters. The Kier molecular flexibility index (Phi) is 6.13. The van der Waals surface area contributed by atoms with Gasteiger partial charge in [-0.15, -0.1) is 0 Å². The number of ether oxygens (including phenoxy) is 1. The van der Waals surface area contributed by atoms with Crippen LogP contribution in [0.4, 0.5) is 13.6 Å². The van der Waals surface area contributed by atoms with Crippen molar-refractivity contribution in [3.05, 3.63) is 105 Å². The minimum atomic E-state index is -1.41. The number of carboxylic acid groups (broad SMARTS) is 1. The SMILES string of the molecule is O=C(O)c1cn(C2CC2)c2c(CF)c(-c3ccc4c(c3)CN(C(=O)OCc3ccccc3)C4)c(F)cc2c1=O. The van der Waals surface area contributed by atoms with E-state index in [2.05, 4.69) is 0 Å². The van der Waals surface area contributed by atoms with Crippen molar-refractivity contribution in [2.75, 3.05) is 0 Å². The van der Waals surface area contributed by atoms with Crippen LogP contribution in [0.15, 0.2) is 65.6 Å². The summed E-state index contributed by atoms with van der Waals surface area (Å²) in [5, 5.41) is 9.35. The van der Waals surface area contributed by atoms with Crippen molar-refractivity contribution in [2.24, 2.45) is 0 Å². The Morgan fingerprint density at radius 2 is 1.77 bits per heavy atom.